The van der Waals surface area contributed by atoms with Crippen LogP contribution in [0.5, 0.6) is 0 Å². The highest BCUT2D eigenvalue weighted by atomic mass is 35.5. The third kappa shape index (κ3) is 4.77. The minimum absolute atomic E-state index is 0.205. The summed E-state index contributed by atoms with van der Waals surface area (Å²) in [6.07, 6.45) is -0.654. The molecule has 0 saturated carbocycles. The summed E-state index contributed by atoms with van der Waals surface area (Å²) in [5.74, 6) is -1.83. The molecule has 1 atom stereocenters. The van der Waals surface area contributed by atoms with E-state index in [0.29, 0.717) is 23.6 Å². The van der Waals surface area contributed by atoms with Crippen LogP contribution in [0, 0.1) is 5.82 Å². The Morgan fingerprint density at radius 2 is 1.47 bits per heavy atom. The zero-order valence-electron chi connectivity index (χ0n) is 16.2. The summed E-state index contributed by atoms with van der Waals surface area (Å²) in [7, 11) is 0. The first-order valence-electron chi connectivity index (χ1n) is 9.53. The molecule has 2 aromatic carbocycles. The number of benzene rings is 2. The van der Waals surface area contributed by atoms with Crippen molar-refractivity contribution in [1.29, 1.82) is 0 Å². The molecule has 1 heterocycles. The highest BCUT2D eigenvalue weighted by Crippen LogP contribution is 2.22. The number of hydrogen-bond donors (Lipinski definition) is 2. The van der Waals surface area contributed by atoms with Crippen molar-refractivity contribution in [1.82, 2.24) is 15.1 Å². The molecule has 30 heavy (non-hydrogen) atoms. The van der Waals surface area contributed by atoms with Gasteiger partial charge in [0.2, 0.25) is 0 Å². The molecule has 3 N–H and O–H groups in total. The first kappa shape index (κ1) is 21.7. The second-order valence-corrected chi connectivity index (χ2v) is 7.25. The Hall–Kier alpha value is -2.97. The third-order valence-corrected chi connectivity index (χ3v) is 5.02. The van der Waals surface area contributed by atoms with Crippen molar-refractivity contribution in [2.75, 3.05) is 26.2 Å². The SMILES string of the molecule is NCCNC(=O)C1N(C(=O)c2ccc(F)cc2)CCCN1C(=O)c1ccc(Cl)cc1. The fourth-order valence-corrected chi connectivity index (χ4v) is 3.46. The number of carbonyl (C=O) groups excluding carboxylic acids is 3. The van der Waals surface area contributed by atoms with E-state index >= 15 is 0 Å². The first-order chi connectivity index (χ1) is 14.4. The number of amides is 3. The monoisotopic (exact) mass is 432 g/mol. The highest BCUT2D eigenvalue weighted by molar-refractivity contribution is 6.30. The Morgan fingerprint density at radius 1 is 0.967 bits per heavy atom. The summed E-state index contributed by atoms with van der Waals surface area (Å²) in [5.41, 5.74) is 6.07. The summed E-state index contributed by atoms with van der Waals surface area (Å²) < 4.78 is 13.3. The van der Waals surface area contributed by atoms with E-state index in [1.807, 2.05) is 0 Å². The molecule has 1 aliphatic rings. The van der Waals surface area contributed by atoms with E-state index in [-0.39, 0.29) is 25.2 Å². The van der Waals surface area contributed by atoms with Gasteiger partial charge in [0.15, 0.2) is 6.17 Å². The minimum Gasteiger partial charge on any atom is -0.351 e. The lowest BCUT2D eigenvalue weighted by Crippen LogP contribution is -2.63. The van der Waals surface area contributed by atoms with E-state index in [4.69, 9.17) is 17.3 Å². The van der Waals surface area contributed by atoms with Gasteiger partial charge >= 0.3 is 0 Å². The van der Waals surface area contributed by atoms with Crippen LogP contribution < -0.4 is 11.1 Å². The maximum Gasteiger partial charge on any atom is 0.263 e. The molecule has 7 nitrogen and oxygen atoms in total. The van der Waals surface area contributed by atoms with Gasteiger partial charge in [-0.25, -0.2) is 4.39 Å². The van der Waals surface area contributed by atoms with Crippen LogP contribution in [0.15, 0.2) is 48.5 Å². The van der Waals surface area contributed by atoms with Gasteiger partial charge in [0.25, 0.3) is 17.7 Å². The number of carbonyl (C=O) groups is 3. The van der Waals surface area contributed by atoms with Crippen molar-refractivity contribution in [2.24, 2.45) is 5.73 Å². The van der Waals surface area contributed by atoms with Crippen LogP contribution in [0.25, 0.3) is 0 Å². The largest absolute Gasteiger partial charge is 0.351 e. The topological polar surface area (TPSA) is 95.7 Å². The van der Waals surface area contributed by atoms with Crippen LogP contribution in [0.1, 0.15) is 27.1 Å². The molecule has 0 bridgehead atoms. The minimum atomic E-state index is -1.15. The quantitative estimate of drug-likeness (QED) is 0.753. The number of nitrogens with one attached hydrogen (secondary N) is 1. The number of rotatable bonds is 5. The molecule has 9 heteroatoms. The smallest absolute Gasteiger partial charge is 0.263 e. The van der Waals surface area contributed by atoms with E-state index in [1.54, 1.807) is 24.3 Å². The van der Waals surface area contributed by atoms with Gasteiger partial charge in [-0.15, -0.1) is 0 Å². The number of halogens is 2. The van der Waals surface area contributed by atoms with Crippen molar-refractivity contribution in [3.05, 3.63) is 70.5 Å². The average Bonchev–Trinajstić information content (AvgIpc) is 2.77. The molecule has 1 unspecified atom stereocenters. The molecule has 1 saturated heterocycles. The summed E-state index contributed by atoms with van der Waals surface area (Å²) in [6.45, 7) is 1.00. The lowest BCUT2D eigenvalue weighted by atomic mass is 10.1. The Labute approximate surface area is 178 Å². The molecule has 3 rings (SSSR count). The van der Waals surface area contributed by atoms with Crippen LogP contribution in [-0.4, -0.2) is 59.9 Å². The molecular formula is C21H22ClFN4O3. The molecule has 0 aromatic heterocycles. The fraction of sp³-hybridized carbons (Fsp3) is 0.286. The predicted molar refractivity (Wildman–Crippen MR) is 110 cm³/mol. The maximum absolute atomic E-state index is 13.3. The van der Waals surface area contributed by atoms with Crippen molar-refractivity contribution >= 4 is 29.3 Å². The summed E-state index contributed by atoms with van der Waals surface area (Å²) in [5, 5.41) is 3.14. The lowest BCUT2D eigenvalue weighted by molar-refractivity contribution is -0.132. The van der Waals surface area contributed by atoms with Crippen molar-refractivity contribution in [3.8, 4) is 0 Å². The predicted octanol–water partition coefficient (Wildman–Crippen LogP) is 1.87. The highest BCUT2D eigenvalue weighted by Gasteiger charge is 2.40. The van der Waals surface area contributed by atoms with E-state index in [9.17, 15) is 18.8 Å². The Balaban J connectivity index is 1.93. The molecule has 1 fully saturated rings. The second kappa shape index (κ2) is 9.69. The molecule has 0 spiro atoms. The van der Waals surface area contributed by atoms with Gasteiger partial charge in [-0.05, 0) is 55.0 Å². The van der Waals surface area contributed by atoms with E-state index in [0.717, 1.165) is 0 Å². The van der Waals surface area contributed by atoms with Gasteiger partial charge < -0.3 is 20.9 Å². The summed E-state index contributed by atoms with van der Waals surface area (Å²) in [6, 6.07) is 11.4. The Morgan fingerprint density at radius 3 is 1.97 bits per heavy atom. The van der Waals surface area contributed by atoms with E-state index in [1.165, 1.54) is 34.1 Å². The fourth-order valence-electron chi connectivity index (χ4n) is 3.34. The summed E-state index contributed by atoms with van der Waals surface area (Å²) in [4.78, 5) is 41.8. The second-order valence-electron chi connectivity index (χ2n) is 6.82. The molecule has 0 radical (unpaired) electrons. The van der Waals surface area contributed by atoms with Crippen molar-refractivity contribution in [3.63, 3.8) is 0 Å². The normalized spacial score (nSPS) is 16.3. The van der Waals surface area contributed by atoms with Crippen LogP contribution in [0.2, 0.25) is 5.02 Å². The number of hydrogen-bond acceptors (Lipinski definition) is 4. The van der Waals surface area contributed by atoms with E-state index in [2.05, 4.69) is 5.32 Å². The van der Waals surface area contributed by atoms with Crippen LogP contribution in [0.4, 0.5) is 4.39 Å². The van der Waals surface area contributed by atoms with Gasteiger partial charge in [-0.3, -0.25) is 14.4 Å². The zero-order valence-corrected chi connectivity index (χ0v) is 16.9. The zero-order chi connectivity index (χ0) is 21.7. The van der Waals surface area contributed by atoms with Gasteiger partial charge in [0.05, 0.1) is 0 Å². The van der Waals surface area contributed by atoms with Crippen molar-refractivity contribution in [2.45, 2.75) is 12.6 Å². The van der Waals surface area contributed by atoms with Gasteiger partial charge in [-0.2, -0.15) is 0 Å². The number of nitrogens with two attached hydrogens (primary N) is 1. The van der Waals surface area contributed by atoms with Crippen molar-refractivity contribution < 1.29 is 18.8 Å². The summed E-state index contributed by atoms with van der Waals surface area (Å²) >= 11 is 5.90. The van der Waals surface area contributed by atoms with Gasteiger partial charge in [-0.1, -0.05) is 11.6 Å². The molecule has 0 aliphatic carbocycles. The maximum atomic E-state index is 13.3. The van der Waals surface area contributed by atoms with Crippen LogP contribution >= 0.6 is 11.6 Å². The van der Waals surface area contributed by atoms with Crippen LogP contribution in [0.3, 0.4) is 0 Å². The molecule has 2 aromatic rings. The molecule has 1 aliphatic heterocycles. The molecular weight excluding hydrogens is 411 g/mol. The third-order valence-electron chi connectivity index (χ3n) is 4.77. The first-order valence-corrected chi connectivity index (χ1v) is 9.91. The number of nitrogens with zero attached hydrogens (tertiary/aromatic N) is 2. The lowest BCUT2D eigenvalue weighted by Gasteiger charge is -2.42. The Bertz CT molecular complexity index is 855. The average molecular weight is 433 g/mol. The van der Waals surface area contributed by atoms with Gasteiger partial charge in [0, 0.05) is 42.3 Å². The van der Waals surface area contributed by atoms with E-state index < -0.39 is 29.7 Å². The van der Waals surface area contributed by atoms with Crippen LogP contribution in [-0.2, 0) is 4.79 Å². The molecule has 158 valence electrons. The standard InChI is InChI=1S/C21H22ClFN4O3/c22-16-6-2-14(3-7-16)20(29)26-12-1-13-27(19(26)18(28)25-11-10-24)21(30)15-4-8-17(23)9-5-15/h2-9,19H,1,10-13,24H2,(H,25,28). The molecule has 3 amide bonds. The van der Waals surface area contributed by atoms with Gasteiger partial charge in [0.1, 0.15) is 5.82 Å². The Kier molecular flexibility index (Phi) is 7.02.